The van der Waals surface area contributed by atoms with Crippen molar-refractivity contribution in [2.75, 3.05) is 6.61 Å². The van der Waals surface area contributed by atoms with Gasteiger partial charge < -0.3 is 4.74 Å². The highest BCUT2D eigenvalue weighted by Crippen LogP contribution is 2.45. The molecule has 0 saturated heterocycles. The van der Waals surface area contributed by atoms with Crippen LogP contribution in [-0.4, -0.2) is 12.5 Å². The third-order valence-corrected chi connectivity index (χ3v) is 5.35. The molecule has 0 atom stereocenters. The van der Waals surface area contributed by atoms with Crippen LogP contribution in [0.5, 0.6) is 5.75 Å². The SMILES string of the molecule is Fc1ccc(Cc2cc3c(c(C4CCC(F)(F)CC4)c2)OCC3)cc1. The van der Waals surface area contributed by atoms with Crippen molar-refractivity contribution in [1.29, 1.82) is 0 Å². The maximum absolute atomic E-state index is 13.5. The summed E-state index contributed by atoms with van der Waals surface area (Å²) in [6.45, 7) is 0.658. The van der Waals surface area contributed by atoms with Gasteiger partial charge in [-0.25, -0.2) is 13.2 Å². The summed E-state index contributed by atoms with van der Waals surface area (Å²) in [6.07, 6.45) is 2.49. The summed E-state index contributed by atoms with van der Waals surface area (Å²) >= 11 is 0. The average Bonchev–Trinajstić information content (AvgIpc) is 3.05. The molecule has 1 heterocycles. The largest absolute Gasteiger partial charge is 0.493 e. The summed E-state index contributed by atoms with van der Waals surface area (Å²) in [7, 11) is 0. The molecule has 0 aromatic heterocycles. The highest BCUT2D eigenvalue weighted by Gasteiger charge is 2.37. The van der Waals surface area contributed by atoms with Crippen molar-refractivity contribution in [3.8, 4) is 5.75 Å². The minimum Gasteiger partial charge on any atom is -0.493 e. The number of fused-ring (bicyclic) bond motifs is 1. The number of hydrogen-bond donors (Lipinski definition) is 0. The lowest BCUT2D eigenvalue weighted by molar-refractivity contribution is -0.0383. The van der Waals surface area contributed by atoms with Gasteiger partial charge in [-0.3, -0.25) is 0 Å². The van der Waals surface area contributed by atoms with Gasteiger partial charge in [0.1, 0.15) is 11.6 Å². The zero-order valence-corrected chi connectivity index (χ0v) is 14.0. The second-order valence-electron chi connectivity index (χ2n) is 7.21. The van der Waals surface area contributed by atoms with E-state index >= 15 is 0 Å². The Labute approximate surface area is 145 Å². The van der Waals surface area contributed by atoms with Crippen molar-refractivity contribution in [3.63, 3.8) is 0 Å². The van der Waals surface area contributed by atoms with Crippen LogP contribution in [0.25, 0.3) is 0 Å². The molecule has 1 aliphatic carbocycles. The molecule has 0 spiro atoms. The lowest BCUT2D eigenvalue weighted by atomic mass is 9.80. The number of alkyl halides is 2. The van der Waals surface area contributed by atoms with E-state index in [1.54, 1.807) is 12.1 Å². The van der Waals surface area contributed by atoms with E-state index in [0.29, 0.717) is 25.9 Å². The normalized spacial score (nSPS) is 19.5. The van der Waals surface area contributed by atoms with Gasteiger partial charge in [-0.05, 0) is 59.6 Å². The van der Waals surface area contributed by atoms with E-state index in [1.807, 2.05) is 0 Å². The van der Waals surface area contributed by atoms with Gasteiger partial charge in [-0.1, -0.05) is 24.3 Å². The molecular weight excluding hydrogens is 325 g/mol. The maximum Gasteiger partial charge on any atom is 0.248 e. The molecule has 0 amide bonds. The predicted molar refractivity (Wildman–Crippen MR) is 91.0 cm³/mol. The molecule has 1 nitrogen and oxygen atoms in total. The van der Waals surface area contributed by atoms with Crippen LogP contribution in [0.15, 0.2) is 36.4 Å². The predicted octanol–water partition coefficient (Wildman–Crippen LogP) is 5.64. The summed E-state index contributed by atoms with van der Waals surface area (Å²) < 4.78 is 45.9. The Morgan fingerprint density at radius 2 is 1.72 bits per heavy atom. The van der Waals surface area contributed by atoms with Crippen molar-refractivity contribution in [3.05, 3.63) is 64.5 Å². The molecule has 1 aliphatic heterocycles. The summed E-state index contributed by atoms with van der Waals surface area (Å²) in [4.78, 5) is 0. The van der Waals surface area contributed by atoms with E-state index in [2.05, 4.69) is 12.1 Å². The fourth-order valence-corrected chi connectivity index (χ4v) is 4.00. The third kappa shape index (κ3) is 3.53. The highest BCUT2D eigenvalue weighted by atomic mass is 19.3. The molecule has 25 heavy (non-hydrogen) atoms. The first-order valence-electron chi connectivity index (χ1n) is 8.91. The summed E-state index contributed by atoms with van der Waals surface area (Å²) in [6, 6.07) is 10.8. The van der Waals surface area contributed by atoms with Gasteiger partial charge in [0.05, 0.1) is 6.61 Å². The zero-order valence-electron chi connectivity index (χ0n) is 14.0. The second kappa shape index (κ2) is 6.40. The van der Waals surface area contributed by atoms with Gasteiger partial charge in [0, 0.05) is 19.3 Å². The molecule has 4 rings (SSSR count). The summed E-state index contributed by atoms with van der Waals surface area (Å²) in [5, 5.41) is 0. The number of benzene rings is 2. The topological polar surface area (TPSA) is 9.23 Å². The van der Waals surface area contributed by atoms with E-state index in [-0.39, 0.29) is 24.6 Å². The van der Waals surface area contributed by atoms with Crippen LogP contribution < -0.4 is 4.74 Å². The number of ether oxygens (including phenoxy) is 1. The first-order chi connectivity index (χ1) is 12.0. The molecule has 1 fully saturated rings. The Balaban J connectivity index is 1.62. The molecule has 2 aromatic carbocycles. The van der Waals surface area contributed by atoms with Crippen LogP contribution in [-0.2, 0) is 12.8 Å². The first-order valence-corrected chi connectivity index (χ1v) is 8.91. The first kappa shape index (κ1) is 16.5. The minimum absolute atomic E-state index is 0.0470. The van der Waals surface area contributed by atoms with Crippen molar-refractivity contribution in [2.45, 2.75) is 50.4 Å². The van der Waals surface area contributed by atoms with E-state index in [9.17, 15) is 13.2 Å². The Kier molecular flexibility index (Phi) is 4.22. The quantitative estimate of drug-likeness (QED) is 0.698. The van der Waals surface area contributed by atoms with Crippen LogP contribution in [0, 0.1) is 5.82 Å². The molecule has 0 N–H and O–H groups in total. The molecular formula is C21H21F3O. The van der Waals surface area contributed by atoms with E-state index in [4.69, 9.17) is 4.74 Å². The van der Waals surface area contributed by atoms with Gasteiger partial charge in [0.2, 0.25) is 5.92 Å². The van der Waals surface area contributed by atoms with Crippen LogP contribution in [0.1, 0.15) is 53.9 Å². The van der Waals surface area contributed by atoms with Gasteiger partial charge in [0.25, 0.3) is 0 Å². The van der Waals surface area contributed by atoms with Gasteiger partial charge in [0.15, 0.2) is 0 Å². The molecule has 2 aromatic rings. The molecule has 2 aliphatic rings. The highest BCUT2D eigenvalue weighted by molar-refractivity contribution is 5.49. The molecule has 132 valence electrons. The monoisotopic (exact) mass is 346 g/mol. The van der Waals surface area contributed by atoms with Gasteiger partial charge in [-0.15, -0.1) is 0 Å². The van der Waals surface area contributed by atoms with Gasteiger partial charge in [-0.2, -0.15) is 0 Å². The fraction of sp³-hybridized carbons (Fsp3) is 0.429. The smallest absolute Gasteiger partial charge is 0.248 e. The maximum atomic E-state index is 13.5. The molecule has 4 heteroatoms. The number of rotatable bonds is 3. The van der Waals surface area contributed by atoms with E-state index in [1.165, 1.54) is 17.7 Å². The molecule has 0 radical (unpaired) electrons. The molecule has 0 unspecified atom stereocenters. The Morgan fingerprint density at radius 3 is 2.44 bits per heavy atom. The third-order valence-electron chi connectivity index (χ3n) is 5.35. The lowest BCUT2D eigenvalue weighted by Crippen LogP contribution is -2.23. The molecule has 0 bridgehead atoms. The van der Waals surface area contributed by atoms with Crippen molar-refractivity contribution in [2.24, 2.45) is 0 Å². The van der Waals surface area contributed by atoms with Crippen LogP contribution in [0.3, 0.4) is 0 Å². The van der Waals surface area contributed by atoms with Crippen LogP contribution >= 0.6 is 0 Å². The van der Waals surface area contributed by atoms with Crippen LogP contribution in [0.2, 0.25) is 0 Å². The Hall–Kier alpha value is -1.97. The standard InChI is InChI=1S/C21H21F3O/c22-18-3-1-14(2-4-18)11-15-12-17-7-10-25-20(17)19(13-15)16-5-8-21(23,24)9-6-16/h1-4,12-13,16H,5-11H2. The summed E-state index contributed by atoms with van der Waals surface area (Å²) in [5.74, 6) is -1.71. The zero-order chi connectivity index (χ0) is 17.4. The summed E-state index contributed by atoms with van der Waals surface area (Å²) in [5.41, 5.74) is 4.44. The lowest BCUT2D eigenvalue weighted by Gasteiger charge is -2.29. The van der Waals surface area contributed by atoms with Gasteiger partial charge >= 0.3 is 0 Å². The Bertz CT molecular complexity index is 757. The Morgan fingerprint density at radius 1 is 1.00 bits per heavy atom. The van der Waals surface area contributed by atoms with E-state index < -0.39 is 5.92 Å². The van der Waals surface area contributed by atoms with Crippen molar-refractivity contribution in [1.82, 2.24) is 0 Å². The molecule has 1 saturated carbocycles. The average molecular weight is 346 g/mol. The number of halogens is 3. The van der Waals surface area contributed by atoms with Crippen molar-refractivity contribution >= 4 is 0 Å². The fourth-order valence-electron chi connectivity index (χ4n) is 4.00. The minimum atomic E-state index is -2.52. The second-order valence-corrected chi connectivity index (χ2v) is 7.21. The van der Waals surface area contributed by atoms with E-state index in [0.717, 1.165) is 28.9 Å². The van der Waals surface area contributed by atoms with Crippen molar-refractivity contribution < 1.29 is 17.9 Å². The van der Waals surface area contributed by atoms with Crippen LogP contribution in [0.4, 0.5) is 13.2 Å². The number of hydrogen-bond acceptors (Lipinski definition) is 1.